The number of hydrogen-bond acceptors (Lipinski definition) is 3. The highest BCUT2D eigenvalue weighted by Gasteiger charge is 2.08. The van der Waals surface area contributed by atoms with Gasteiger partial charge in [0.05, 0.1) is 0 Å². The highest BCUT2D eigenvalue weighted by Crippen LogP contribution is 1.98. The molecular formula is C14H25N3O2. The Morgan fingerprint density at radius 2 is 1.89 bits per heavy atom. The third-order valence-electron chi connectivity index (χ3n) is 2.82. The molecule has 0 amide bonds. The van der Waals surface area contributed by atoms with Gasteiger partial charge in [0, 0.05) is 30.9 Å². The first-order valence-corrected chi connectivity index (χ1v) is 6.90. The fraction of sp³-hybridized carbons (Fsp3) is 0.714. The molecule has 0 spiro atoms. The molecule has 1 N–H and O–H groups in total. The summed E-state index contributed by atoms with van der Waals surface area (Å²) in [5, 5.41) is 3.35. The highest BCUT2D eigenvalue weighted by atomic mass is 16.2. The predicted molar refractivity (Wildman–Crippen MR) is 77.6 cm³/mol. The van der Waals surface area contributed by atoms with Crippen molar-refractivity contribution in [3.63, 3.8) is 0 Å². The number of rotatable bonds is 6. The normalized spacial score (nSPS) is 11.8. The van der Waals surface area contributed by atoms with Crippen LogP contribution in [0.25, 0.3) is 0 Å². The minimum Gasteiger partial charge on any atom is -0.312 e. The van der Waals surface area contributed by atoms with Gasteiger partial charge in [-0.15, -0.1) is 0 Å². The summed E-state index contributed by atoms with van der Waals surface area (Å²) in [4.78, 5) is 23.8. The van der Waals surface area contributed by atoms with Gasteiger partial charge in [-0.05, 0) is 40.2 Å². The predicted octanol–water partition coefficient (Wildman–Crippen LogP) is 1.20. The lowest BCUT2D eigenvalue weighted by Gasteiger charge is -2.20. The van der Waals surface area contributed by atoms with Crippen LogP contribution >= 0.6 is 0 Å². The van der Waals surface area contributed by atoms with Crippen LogP contribution in [0, 0.1) is 0 Å². The monoisotopic (exact) mass is 267 g/mol. The van der Waals surface area contributed by atoms with Crippen molar-refractivity contribution in [2.45, 2.75) is 59.2 Å². The third-order valence-corrected chi connectivity index (χ3v) is 2.82. The largest absolute Gasteiger partial charge is 0.330 e. The van der Waals surface area contributed by atoms with E-state index in [9.17, 15) is 9.59 Å². The fourth-order valence-corrected chi connectivity index (χ4v) is 1.87. The van der Waals surface area contributed by atoms with Gasteiger partial charge in [0.2, 0.25) is 0 Å². The maximum absolute atomic E-state index is 12.1. The Morgan fingerprint density at radius 1 is 1.21 bits per heavy atom. The molecule has 1 aromatic rings. The van der Waals surface area contributed by atoms with Crippen LogP contribution in [0.3, 0.4) is 0 Å². The lowest BCUT2D eigenvalue weighted by Crippen LogP contribution is -2.41. The maximum atomic E-state index is 12.1. The van der Waals surface area contributed by atoms with Gasteiger partial charge in [0.1, 0.15) is 0 Å². The average Bonchev–Trinajstić information content (AvgIpc) is 2.30. The molecule has 108 valence electrons. The van der Waals surface area contributed by atoms with E-state index in [0.717, 1.165) is 19.4 Å². The van der Waals surface area contributed by atoms with Crippen LogP contribution in [0.15, 0.2) is 21.9 Å². The molecule has 0 unspecified atom stereocenters. The van der Waals surface area contributed by atoms with E-state index in [-0.39, 0.29) is 16.8 Å². The SMILES string of the molecule is CCCn1ccc(=O)n(CCCNC(C)(C)C)c1=O. The number of aromatic nitrogens is 2. The summed E-state index contributed by atoms with van der Waals surface area (Å²) in [6.45, 7) is 10.2. The van der Waals surface area contributed by atoms with E-state index in [1.165, 1.54) is 10.6 Å². The number of nitrogens with one attached hydrogen (secondary N) is 1. The Hall–Kier alpha value is -1.36. The van der Waals surface area contributed by atoms with Gasteiger partial charge in [-0.2, -0.15) is 0 Å². The Bertz CT molecular complexity index is 509. The van der Waals surface area contributed by atoms with Crippen LogP contribution in [-0.2, 0) is 13.1 Å². The molecule has 1 heterocycles. The van der Waals surface area contributed by atoms with Crippen LogP contribution in [-0.4, -0.2) is 21.2 Å². The van der Waals surface area contributed by atoms with E-state index < -0.39 is 0 Å². The highest BCUT2D eigenvalue weighted by molar-refractivity contribution is 4.86. The van der Waals surface area contributed by atoms with Crippen LogP contribution < -0.4 is 16.6 Å². The van der Waals surface area contributed by atoms with Gasteiger partial charge in [-0.3, -0.25) is 9.36 Å². The molecule has 0 fully saturated rings. The fourth-order valence-electron chi connectivity index (χ4n) is 1.87. The van der Waals surface area contributed by atoms with Crippen molar-refractivity contribution in [2.75, 3.05) is 6.54 Å². The third kappa shape index (κ3) is 5.03. The molecule has 0 saturated carbocycles. The Balaban J connectivity index is 2.70. The van der Waals surface area contributed by atoms with E-state index in [4.69, 9.17) is 0 Å². The van der Waals surface area contributed by atoms with Gasteiger partial charge in [0.15, 0.2) is 0 Å². The van der Waals surface area contributed by atoms with Gasteiger partial charge in [0.25, 0.3) is 5.56 Å². The van der Waals surface area contributed by atoms with Gasteiger partial charge >= 0.3 is 5.69 Å². The molecule has 1 aromatic heterocycles. The van der Waals surface area contributed by atoms with Gasteiger partial charge in [-0.25, -0.2) is 4.79 Å². The maximum Gasteiger partial charge on any atom is 0.330 e. The number of hydrogen-bond donors (Lipinski definition) is 1. The second-order valence-electron chi connectivity index (χ2n) is 5.81. The van der Waals surface area contributed by atoms with E-state index in [2.05, 4.69) is 26.1 Å². The zero-order valence-electron chi connectivity index (χ0n) is 12.4. The minimum atomic E-state index is -0.215. The number of aryl methyl sites for hydroxylation is 1. The van der Waals surface area contributed by atoms with Crippen LogP contribution in [0.2, 0.25) is 0 Å². The summed E-state index contributed by atoms with van der Waals surface area (Å²) in [6.07, 6.45) is 3.23. The average molecular weight is 267 g/mol. The quantitative estimate of drug-likeness (QED) is 0.788. The van der Waals surface area contributed by atoms with Crippen molar-refractivity contribution in [2.24, 2.45) is 0 Å². The smallest absolute Gasteiger partial charge is 0.312 e. The molecule has 0 aliphatic heterocycles. The van der Waals surface area contributed by atoms with Crippen molar-refractivity contribution in [1.82, 2.24) is 14.5 Å². The second kappa shape index (κ2) is 6.70. The topological polar surface area (TPSA) is 56.0 Å². The lowest BCUT2D eigenvalue weighted by atomic mass is 10.1. The van der Waals surface area contributed by atoms with Crippen LogP contribution in [0.4, 0.5) is 0 Å². The molecule has 0 aliphatic carbocycles. The molecule has 0 aromatic carbocycles. The van der Waals surface area contributed by atoms with Crippen molar-refractivity contribution < 1.29 is 0 Å². The Kier molecular flexibility index (Phi) is 5.54. The first-order valence-electron chi connectivity index (χ1n) is 6.90. The number of nitrogens with zero attached hydrogens (tertiary/aromatic N) is 2. The molecule has 0 atom stereocenters. The van der Waals surface area contributed by atoms with E-state index >= 15 is 0 Å². The Morgan fingerprint density at radius 3 is 2.47 bits per heavy atom. The summed E-state index contributed by atoms with van der Waals surface area (Å²) >= 11 is 0. The summed E-state index contributed by atoms with van der Waals surface area (Å²) < 4.78 is 2.92. The van der Waals surface area contributed by atoms with E-state index in [0.29, 0.717) is 13.1 Å². The van der Waals surface area contributed by atoms with Crippen molar-refractivity contribution in [3.05, 3.63) is 33.1 Å². The first-order chi connectivity index (χ1) is 8.85. The minimum absolute atomic E-state index is 0.0596. The molecule has 5 heteroatoms. The van der Waals surface area contributed by atoms with Crippen LogP contribution in [0.1, 0.15) is 40.5 Å². The summed E-state index contributed by atoms with van der Waals surface area (Å²) in [5.74, 6) is 0. The van der Waals surface area contributed by atoms with E-state index in [1.807, 2.05) is 6.92 Å². The molecule has 0 bridgehead atoms. The summed E-state index contributed by atoms with van der Waals surface area (Å²) in [5.41, 5.74) is -0.359. The zero-order chi connectivity index (χ0) is 14.5. The molecule has 1 rings (SSSR count). The molecule has 19 heavy (non-hydrogen) atoms. The van der Waals surface area contributed by atoms with Gasteiger partial charge in [-0.1, -0.05) is 6.92 Å². The lowest BCUT2D eigenvalue weighted by molar-refractivity contribution is 0.408. The Labute approximate surface area is 114 Å². The van der Waals surface area contributed by atoms with Crippen molar-refractivity contribution in [3.8, 4) is 0 Å². The second-order valence-corrected chi connectivity index (χ2v) is 5.81. The molecule has 5 nitrogen and oxygen atoms in total. The first kappa shape index (κ1) is 15.7. The van der Waals surface area contributed by atoms with Crippen LogP contribution in [0.5, 0.6) is 0 Å². The standard InChI is InChI=1S/C14H25N3O2/c1-5-9-16-11-7-12(18)17(13(16)19)10-6-8-15-14(2,3)4/h7,11,15H,5-6,8-10H2,1-4H3. The molecule has 0 aliphatic rings. The zero-order valence-corrected chi connectivity index (χ0v) is 12.4. The summed E-state index contributed by atoms with van der Waals surface area (Å²) in [7, 11) is 0. The molecular weight excluding hydrogens is 242 g/mol. The molecule has 0 radical (unpaired) electrons. The van der Waals surface area contributed by atoms with E-state index in [1.54, 1.807) is 10.8 Å². The van der Waals surface area contributed by atoms with Gasteiger partial charge < -0.3 is 9.88 Å². The summed E-state index contributed by atoms with van der Waals surface area (Å²) in [6, 6.07) is 1.47. The van der Waals surface area contributed by atoms with Crippen molar-refractivity contribution in [1.29, 1.82) is 0 Å². The molecule has 0 saturated heterocycles. The van der Waals surface area contributed by atoms with Crippen molar-refractivity contribution >= 4 is 0 Å².